The molecule has 0 bridgehead atoms. The number of ether oxygens (including phenoxy) is 1. The van der Waals surface area contributed by atoms with Crippen LogP contribution in [0.25, 0.3) is 0 Å². The van der Waals surface area contributed by atoms with Gasteiger partial charge in [0.25, 0.3) is 5.91 Å². The van der Waals surface area contributed by atoms with E-state index in [0.29, 0.717) is 22.6 Å². The summed E-state index contributed by atoms with van der Waals surface area (Å²) >= 11 is 0. The Balaban J connectivity index is 1.86. The van der Waals surface area contributed by atoms with Crippen molar-refractivity contribution in [2.45, 2.75) is 27.3 Å². The van der Waals surface area contributed by atoms with E-state index in [1.165, 1.54) is 23.5 Å². The van der Waals surface area contributed by atoms with E-state index in [9.17, 15) is 14.4 Å². The minimum absolute atomic E-state index is 0.103. The molecule has 0 aliphatic carbocycles. The van der Waals surface area contributed by atoms with E-state index in [-0.39, 0.29) is 36.9 Å². The number of hydrogen-bond acceptors (Lipinski definition) is 6. The molecular weight excluding hydrogens is 376 g/mol. The first-order chi connectivity index (χ1) is 13.9. The fourth-order valence-electron chi connectivity index (χ4n) is 3.17. The molecule has 0 unspecified atom stereocenters. The monoisotopic (exact) mass is 398 g/mol. The summed E-state index contributed by atoms with van der Waals surface area (Å²) in [6.45, 7) is 5.21. The van der Waals surface area contributed by atoms with Crippen molar-refractivity contribution >= 4 is 17.7 Å². The number of furan rings is 2. The van der Waals surface area contributed by atoms with Crippen molar-refractivity contribution in [3.05, 3.63) is 70.8 Å². The SMILES string of the molecule is CCOC(=O)c1[nH]c(C)c(C(=O)CN(Cc2ccco2)C(=O)c2ccco2)c1C. The van der Waals surface area contributed by atoms with Gasteiger partial charge < -0.3 is 23.5 Å². The second-order valence-corrected chi connectivity index (χ2v) is 6.49. The van der Waals surface area contributed by atoms with E-state index in [4.69, 9.17) is 13.6 Å². The summed E-state index contributed by atoms with van der Waals surface area (Å²) in [5.41, 5.74) is 1.64. The zero-order valence-electron chi connectivity index (χ0n) is 16.5. The predicted octanol–water partition coefficient (Wildman–Crippen LogP) is 3.52. The highest BCUT2D eigenvalue weighted by atomic mass is 16.5. The Bertz CT molecular complexity index is 999. The van der Waals surface area contributed by atoms with E-state index in [2.05, 4.69) is 4.98 Å². The molecule has 3 rings (SSSR count). The third-order valence-corrected chi connectivity index (χ3v) is 4.48. The minimum Gasteiger partial charge on any atom is -0.467 e. The highest BCUT2D eigenvalue weighted by Crippen LogP contribution is 2.21. The van der Waals surface area contributed by atoms with Crippen molar-refractivity contribution in [2.75, 3.05) is 13.2 Å². The van der Waals surface area contributed by atoms with E-state index >= 15 is 0 Å². The standard InChI is InChI=1S/C21H22N2O6/c1-4-27-21(26)19-13(2)18(14(3)22-19)16(24)12-23(11-15-7-5-9-28-15)20(25)17-8-6-10-29-17/h5-10,22H,4,11-12H2,1-3H3. The van der Waals surface area contributed by atoms with Gasteiger partial charge in [0.2, 0.25) is 0 Å². The molecule has 0 spiro atoms. The molecule has 29 heavy (non-hydrogen) atoms. The van der Waals surface area contributed by atoms with Crippen LogP contribution in [0.4, 0.5) is 0 Å². The van der Waals surface area contributed by atoms with Gasteiger partial charge in [0.05, 0.1) is 32.2 Å². The molecule has 0 atom stereocenters. The maximum atomic E-state index is 13.1. The summed E-state index contributed by atoms with van der Waals surface area (Å²) in [4.78, 5) is 42.2. The molecule has 1 amide bonds. The lowest BCUT2D eigenvalue weighted by atomic mass is 10.0. The van der Waals surface area contributed by atoms with E-state index in [1.54, 1.807) is 39.0 Å². The number of aryl methyl sites for hydroxylation is 1. The summed E-state index contributed by atoms with van der Waals surface area (Å²) in [5.74, 6) is -0.604. The summed E-state index contributed by atoms with van der Waals surface area (Å²) < 4.78 is 15.5. The number of rotatable bonds is 8. The van der Waals surface area contributed by atoms with Crippen LogP contribution < -0.4 is 0 Å². The Morgan fingerprint density at radius 2 is 1.83 bits per heavy atom. The molecule has 0 saturated carbocycles. The highest BCUT2D eigenvalue weighted by Gasteiger charge is 2.27. The Kier molecular flexibility index (Phi) is 6.01. The lowest BCUT2D eigenvalue weighted by Crippen LogP contribution is -2.35. The van der Waals surface area contributed by atoms with Crippen molar-refractivity contribution in [3.8, 4) is 0 Å². The van der Waals surface area contributed by atoms with Crippen molar-refractivity contribution in [2.24, 2.45) is 0 Å². The number of Topliss-reactive ketones (excluding diaryl/α,β-unsaturated/α-hetero) is 1. The lowest BCUT2D eigenvalue weighted by molar-refractivity contribution is 0.0519. The molecule has 0 fully saturated rings. The van der Waals surface area contributed by atoms with Crippen LogP contribution in [0, 0.1) is 13.8 Å². The van der Waals surface area contributed by atoms with Gasteiger partial charge >= 0.3 is 5.97 Å². The molecule has 152 valence electrons. The molecule has 3 aromatic rings. The second kappa shape index (κ2) is 8.64. The first kappa shape index (κ1) is 20.2. The van der Waals surface area contributed by atoms with Crippen LogP contribution in [0.5, 0.6) is 0 Å². The third kappa shape index (κ3) is 4.31. The Hall–Kier alpha value is -3.55. The fraction of sp³-hybridized carbons (Fsp3) is 0.286. The average Bonchev–Trinajstić information content (AvgIpc) is 3.43. The third-order valence-electron chi connectivity index (χ3n) is 4.48. The number of hydrogen-bond donors (Lipinski definition) is 1. The van der Waals surface area contributed by atoms with Gasteiger partial charge in [-0.3, -0.25) is 9.59 Å². The quantitative estimate of drug-likeness (QED) is 0.460. The number of ketones is 1. The smallest absolute Gasteiger partial charge is 0.355 e. The van der Waals surface area contributed by atoms with Crippen LogP contribution in [0.2, 0.25) is 0 Å². The average molecular weight is 398 g/mol. The first-order valence-corrected chi connectivity index (χ1v) is 9.17. The molecule has 8 nitrogen and oxygen atoms in total. The van der Waals surface area contributed by atoms with Crippen molar-refractivity contribution in [3.63, 3.8) is 0 Å². The molecule has 0 radical (unpaired) electrons. The molecule has 3 aromatic heterocycles. The summed E-state index contributed by atoms with van der Waals surface area (Å²) in [5, 5.41) is 0. The minimum atomic E-state index is -0.522. The normalized spacial score (nSPS) is 10.7. The number of H-pyrrole nitrogens is 1. The van der Waals surface area contributed by atoms with Crippen LogP contribution in [0.15, 0.2) is 45.6 Å². The summed E-state index contributed by atoms with van der Waals surface area (Å²) in [6, 6.07) is 6.57. The van der Waals surface area contributed by atoms with Gasteiger partial charge in [-0.15, -0.1) is 0 Å². The van der Waals surface area contributed by atoms with Crippen molar-refractivity contribution in [1.82, 2.24) is 9.88 Å². The molecule has 0 saturated heterocycles. The topological polar surface area (TPSA) is 106 Å². The predicted molar refractivity (Wildman–Crippen MR) is 103 cm³/mol. The van der Waals surface area contributed by atoms with Gasteiger partial charge in [-0.25, -0.2) is 4.79 Å². The van der Waals surface area contributed by atoms with Gasteiger partial charge in [0.15, 0.2) is 11.5 Å². The largest absolute Gasteiger partial charge is 0.467 e. The van der Waals surface area contributed by atoms with Crippen LogP contribution in [-0.4, -0.2) is 40.7 Å². The van der Waals surface area contributed by atoms with Gasteiger partial charge in [0.1, 0.15) is 11.5 Å². The van der Waals surface area contributed by atoms with Crippen LogP contribution in [0.3, 0.4) is 0 Å². The van der Waals surface area contributed by atoms with E-state index in [0.717, 1.165) is 0 Å². The van der Waals surface area contributed by atoms with Crippen molar-refractivity contribution < 1.29 is 28.0 Å². The number of carbonyl (C=O) groups excluding carboxylic acids is 3. The number of aromatic nitrogens is 1. The number of nitrogens with one attached hydrogen (secondary N) is 1. The van der Waals surface area contributed by atoms with Gasteiger partial charge in [-0.2, -0.15) is 0 Å². The molecule has 3 heterocycles. The Labute approximate surface area is 167 Å². The molecular formula is C21H22N2O6. The number of nitrogens with zero attached hydrogens (tertiary/aromatic N) is 1. The van der Waals surface area contributed by atoms with Crippen LogP contribution in [-0.2, 0) is 11.3 Å². The Morgan fingerprint density at radius 3 is 2.45 bits per heavy atom. The molecule has 0 aromatic carbocycles. The number of amides is 1. The maximum absolute atomic E-state index is 13.1. The lowest BCUT2D eigenvalue weighted by Gasteiger charge is -2.20. The molecule has 0 aliphatic rings. The van der Waals surface area contributed by atoms with Crippen LogP contribution >= 0.6 is 0 Å². The Morgan fingerprint density at radius 1 is 1.10 bits per heavy atom. The molecule has 0 aliphatic heterocycles. The van der Waals surface area contributed by atoms with E-state index in [1.807, 2.05) is 0 Å². The zero-order valence-corrected chi connectivity index (χ0v) is 16.5. The fourth-order valence-corrected chi connectivity index (χ4v) is 3.17. The number of aromatic amines is 1. The summed E-state index contributed by atoms with van der Waals surface area (Å²) in [7, 11) is 0. The van der Waals surface area contributed by atoms with Gasteiger partial charge in [-0.05, 0) is 50.6 Å². The number of carbonyl (C=O) groups is 3. The van der Waals surface area contributed by atoms with E-state index < -0.39 is 11.9 Å². The first-order valence-electron chi connectivity index (χ1n) is 9.17. The summed E-state index contributed by atoms with van der Waals surface area (Å²) in [6.07, 6.45) is 2.89. The second-order valence-electron chi connectivity index (χ2n) is 6.49. The zero-order chi connectivity index (χ0) is 21.0. The number of esters is 1. The van der Waals surface area contributed by atoms with Gasteiger partial charge in [0, 0.05) is 11.3 Å². The van der Waals surface area contributed by atoms with Crippen molar-refractivity contribution in [1.29, 1.82) is 0 Å². The van der Waals surface area contributed by atoms with Crippen LogP contribution in [0.1, 0.15) is 55.3 Å². The maximum Gasteiger partial charge on any atom is 0.355 e. The highest BCUT2D eigenvalue weighted by molar-refractivity contribution is 6.05. The molecule has 8 heteroatoms. The van der Waals surface area contributed by atoms with Gasteiger partial charge in [-0.1, -0.05) is 0 Å². The molecule has 1 N–H and O–H groups in total.